The number of ether oxygens (including phenoxy) is 1. The maximum absolute atomic E-state index is 12.3. The van der Waals surface area contributed by atoms with Gasteiger partial charge in [-0.15, -0.1) is 0 Å². The number of nitrogens with zero attached hydrogens (tertiary/aromatic N) is 1. The monoisotopic (exact) mass is 289 g/mol. The number of aliphatic hydroxyl groups is 1. The fraction of sp³-hybridized carbons (Fsp3) is 0.500. The number of rotatable bonds is 3. The minimum atomic E-state index is -5.91. The van der Waals surface area contributed by atoms with Gasteiger partial charge in [-0.3, -0.25) is 0 Å². The first-order valence-corrected chi connectivity index (χ1v) is 4.90. The van der Waals surface area contributed by atoms with Crippen molar-refractivity contribution >= 4 is 0 Å². The van der Waals surface area contributed by atoms with Crippen LogP contribution in [0.15, 0.2) is 18.2 Å². The van der Waals surface area contributed by atoms with Crippen molar-refractivity contribution < 1.29 is 36.2 Å². The summed E-state index contributed by atoms with van der Waals surface area (Å²) in [6.07, 6.45) is -11.8. The third kappa shape index (κ3) is 3.28. The van der Waals surface area contributed by atoms with Crippen LogP contribution >= 0.6 is 0 Å². The van der Waals surface area contributed by atoms with E-state index in [2.05, 4.69) is 9.72 Å². The van der Waals surface area contributed by atoms with Gasteiger partial charge in [0.25, 0.3) is 5.60 Å². The maximum atomic E-state index is 12.3. The summed E-state index contributed by atoms with van der Waals surface area (Å²) in [5, 5.41) is 8.81. The highest BCUT2D eigenvalue weighted by atomic mass is 19.4. The number of alkyl halides is 6. The lowest BCUT2D eigenvalue weighted by Crippen LogP contribution is -2.60. The predicted octanol–water partition coefficient (Wildman–Crippen LogP) is 2.62. The molecule has 1 N–H and O–H groups in total. The van der Waals surface area contributed by atoms with Crippen LogP contribution in [-0.4, -0.2) is 34.7 Å². The van der Waals surface area contributed by atoms with Crippen LogP contribution in [0.2, 0.25) is 0 Å². The topological polar surface area (TPSA) is 42.4 Å². The molecule has 0 bridgehead atoms. The molecule has 0 radical (unpaired) electrons. The third-order valence-electron chi connectivity index (χ3n) is 2.23. The summed E-state index contributed by atoms with van der Waals surface area (Å²) >= 11 is 0. The maximum Gasteiger partial charge on any atom is 0.429 e. The smallest absolute Gasteiger partial charge is 0.429 e. The lowest BCUT2D eigenvalue weighted by molar-refractivity contribution is -0.373. The number of halogens is 6. The zero-order valence-corrected chi connectivity index (χ0v) is 9.51. The largest absolute Gasteiger partial charge is 0.474 e. The van der Waals surface area contributed by atoms with Crippen LogP contribution in [0.1, 0.15) is 5.69 Å². The Morgan fingerprint density at radius 2 is 1.63 bits per heavy atom. The van der Waals surface area contributed by atoms with Crippen LogP contribution in [0.4, 0.5) is 26.3 Å². The van der Waals surface area contributed by atoms with Crippen molar-refractivity contribution in [3.63, 3.8) is 0 Å². The quantitative estimate of drug-likeness (QED) is 0.870. The average molecular weight is 289 g/mol. The van der Waals surface area contributed by atoms with Gasteiger partial charge in [0, 0.05) is 11.8 Å². The zero-order chi connectivity index (χ0) is 14.9. The first kappa shape index (κ1) is 15.5. The van der Waals surface area contributed by atoms with Crippen LogP contribution in [-0.2, 0) is 0 Å². The number of pyridine rings is 1. The Hall–Kier alpha value is -1.51. The van der Waals surface area contributed by atoms with E-state index in [1.165, 1.54) is 19.1 Å². The second-order valence-corrected chi connectivity index (χ2v) is 3.76. The zero-order valence-electron chi connectivity index (χ0n) is 9.51. The van der Waals surface area contributed by atoms with Crippen LogP contribution in [0.5, 0.6) is 5.88 Å². The van der Waals surface area contributed by atoms with Gasteiger partial charge in [0.2, 0.25) is 5.88 Å². The molecule has 0 aromatic carbocycles. The molecule has 0 saturated carbocycles. The molecule has 0 unspecified atom stereocenters. The molecule has 1 heterocycles. The molecule has 1 aromatic rings. The van der Waals surface area contributed by atoms with Gasteiger partial charge in [-0.2, -0.15) is 26.3 Å². The van der Waals surface area contributed by atoms with Crippen LogP contribution in [0.3, 0.4) is 0 Å². The molecule has 0 atom stereocenters. The van der Waals surface area contributed by atoms with Gasteiger partial charge in [0.15, 0.2) is 0 Å². The Morgan fingerprint density at radius 3 is 2.05 bits per heavy atom. The Bertz CT molecular complexity index is 428. The normalized spacial score (nSPS) is 13.5. The number of hydrogen-bond donors (Lipinski definition) is 1. The molecule has 0 fully saturated rings. The fourth-order valence-corrected chi connectivity index (χ4v) is 1.10. The molecular formula is C10H9F6NO2. The molecule has 1 rings (SSSR count). The lowest BCUT2D eigenvalue weighted by Gasteiger charge is -2.31. The van der Waals surface area contributed by atoms with Crippen LogP contribution in [0.25, 0.3) is 0 Å². The molecule has 0 aliphatic rings. The summed E-state index contributed by atoms with van der Waals surface area (Å²) in [5.41, 5.74) is -4.59. The first-order chi connectivity index (χ1) is 8.47. The van der Waals surface area contributed by atoms with E-state index in [-0.39, 0.29) is 0 Å². The van der Waals surface area contributed by atoms with Crippen molar-refractivity contribution in [1.82, 2.24) is 4.98 Å². The SMILES string of the molecule is Cc1cccc(OCC(O)(C(F)(F)F)C(F)(F)F)n1. The van der Waals surface area contributed by atoms with Crippen LogP contribution in [0, 0.1) is 6.92 Å². The van der Waals surface area contributed by atoms with Crippen LogP contribution < -0.4 is 4.74 Å². The van der Waals surface area contributed by atoms with E-state index >= 15 is 0 Å². The van der Waals surface area contributed by atoms with Crippen molar-refractivity contribution in [3.05, 3.63) is 23.9 Å². The standard InChI is InChI=1S/C10H9F6NO2/c1-6-3-2-4-7(17-6)19-5-8(18,9(11,12)13)10(14,15)16/h2-4,18H,5H2,1H3. The van der Waals surface area contributed by atoms with Gasteiger partial charge in [-0.05, 0) is 13.0 Å². The molecular weight excluding hydrogens is 280 g/mol. The summed E-state index contributed by atoms with van der Waals surface area (Å²) in [7, 11) is 0. The van der Waals surface area contributed by atoms with Gasteiger partial charge < -0.3 is 9.84 Å². The Labute approximate surface area is 103 Å². The Kier molecular flexibility index (Phi) is 3.99. The average Bonchev–Trinajstić information content (AvgIpc) is 2.22. The molecule has 108 valence electrons. The minimum absolute atomic E-state index is 0.347. The molecule has 0 aliphatic heterocycles. The lowest BCUT2D eigenvalue weighted by atomic mass is 10.0. The van der Waals surface area contributed by atoms with E-state index in [1.807, 2.05) is 0 Å². The number of aryl methyl sites for hydroxylation is 1. The Balaban J connectivity index is 2.93. The Morgan fingerprint density at radius 1 is 1.11 bits per heavy atom. The number of hydrogen-bond acceptors (Lipinski definition) is 3. The van der Waals surface area contributed by atoms with E-state index in [1.54, 1.807) is 0 Å². The highest BCUT2D eigenvalue weighted by molar-refractivity contribution is 5.15. The van der Waals surface area contributed by atoms with E-state index in [4.69, 9.17) is 5.11 Å². The van der Waals surface area contributed by atoms with Gasteiger partial charge in [0.05, 0.1) is 0 Å². The van der Waals surface area contributed by atoms with Crippen molar-refractivity contribution in [2.75, 3.05) is 6.61 Å². The van der Waals surface area contributed by atoms with E-state index < -0.39 is 30.4 Å². The summed E-state index contributed by atoms with van der Waals surface area (Å²) < 4.78 is 78.2. The molecule has 0 saturated heterocycles. The second-order valence-electron chi connectivity index (χ2n) is 3.76. The van der Waals surface area contributed by atoms with Gasteiger partial charge in [0.1, 0.15) is 6.61 Å². The van der Waals surface area contributed by atoms with E-state index in [0.717, 1.165) is 6.07 Å². The molecule has 1 aromatic heterocycles. The number of aromatic nitrogens is 1. The molecule has 3 nitrogen and oxygen atoms in total. The molecule has 19 heavy (non-hydrogen) atoms. The third-order valence-corrected chi connectivity index (χ3v) is 2.23. The van der Waals surface area contributed by atoms with Gasteiger partial charge in [-0.25, -0.2) is 4.98 Å². The van der Waals surface area contributed by atoms with Crippen molar-refractivity contribution in [1.29, 1.82) is 0 Å². The minimum Gasteiger partial charge on any atom is -0.474 e. The summed E-state index contributed by atoms with van der Waals surface area (Å²) in [5.74, 6) is -0.438. The highest BCUT2D eigenvalue weighted by Gasteiger charge is 2.71. The van der Waals surface area contributed by atoms with E-state index in [0.29, 0.717) is 5.69 Å². The predicted molar refractivity (Wildman–Crippen MR) is 51.5 cm³/mol. The van der Waals surface area contributed by atoms with Crippen molar-refractivity contribution in [2.45, 2.75) is 24.9 Å². The molecule has 0 spiro atoms. The first-order valence-electron chi connectivity index (χ1n) is 4.90. The summed E-state index contributed by atoms with van der Waals surface area (Å²) in [4.78, 5) is 3.57. The van der Waals surface area contributed by atoms with E-state index in [9.17, 15) is 26.3 Å². The van der Waals surface area contributed by atoms with Gasteiger partial charge >= 0.3 is 12.4 Å². The highest BCUT2D eigenvalue weighted by Crippen LogP contribution is 2.43. The van der Waals surface area contributed by atoms with Gasteiger partial charge in [-0.1, -0.05) is 6.07 Å². The molecule has 0 amide bonds. The fourth-order valence-electron chi connectivity index (χ4n) is 1.10. The summed E-state index contributed by atoms with van der Waals surface area (Å²) in [6.45, 7) is -0.539. The van der Waals surface area contributed by atoms with Crippen molar-refractivity contribution in [2.24, 2.45) is 0 Å². The molecule has 0 aliphatic carbocycles. The second kappa shape index (κ2) is 4.87. The summed E-state index contributed by atoms with van der Waals surface area (Å²) in [6, 6.07) is 3.91. The molecule has 9 heteroatoms. The van der Waals surface area contributed by atoms with Crippen molar-refractivity contribution in [3.8, 4) is 5.88 Å².